The number of aryl methyl sites for hydroxylation is 1. The van der Waals surface area contributed by atoms with Crippen molar-refractivity contribution < 1.29 is 0 Å². The molecule has 3 nitrogen and oxygen atoms in total. The Morgan fingerprint density at radius 1 is 1.04 bits per heavy atom. The number of nitrogens with zero attached hydrogens (tertiary/aromatic N) is 2. The standard InChI is InChI=1S/C19H16BrN3S/c20-15-10-8-14(9-11-15)18-12-24-19(21-18)23-22-17-7-3-5-13-4-1-2-6-16(13)17/h1-2,4,6,8-12H,3,5,7H2,(H,21,23). The van der Waals surface area contributed by atoms with Gasteiger partial charge in [0.2, 0.25) is 5.13 Å². The fraction of sp³-hybridized carbons (Fsp3) is 0.158. The van der Waals surface area contributed by atoms with Crippen LogP contribution < -0.4 is 5.43 Å². The van der Waals surface area contributed by atoms with Crippen molar-refractivity contribution in [1.29, 1.82) is 0 Å². The summed E-state index contributed by atoms with van der Waals surface area (Å²) in [6.45, 7) is 0. The summed E-state index contributed by atoms with van der Waals surface area (Å²) in [4.78, 5) is 4.64. The Hall–Kier alpha value is -1.98. The first kappa shape index (κ1) is 15.5. The van der Waals surface area contributed by atoms with Crippen LogP contribution >= 0.6 is 27.3 Å². The topological polar surface area (TPSA) is 37.3 Å². The fourth-order valence-corrected chi connectivity index (χ4v) is 3.84. The van der Waals surface area contributed by atoms with Crippen LogP contribution in [0.4, 0.5) is 5.13 Å². The van der Waals surface area contributed by atoms with Gasteiger partial charge in [-0.15, -0.1) is 11.3 Å². The van der Waals surface area contributed by atoms with E-state index in [0.717, 1.165) is 45.8 Å². The first-order valence-electron chi connectivity index (χ1n) is 7.92. The van der Waals surface area contributed by atoms with Crippen LogP contribution in [0.15, 0.2) is 63.5 Å². The first-order chi connectivity index (χ1) is 11.8. The van der Waals surface area contributed by atoms with Crippen LogP contribution in [0.5, 0.6) is 0 Å². The maximum atomic E-state index is 4.64. The number of halogens is 1. The Kier molecular flexibility index (Phi) is 4.45. The number of hydrazone groups is 1. The van der Waals surface area contributed by atoms with Crippen LogP contribution in [0.25, 0.3) is 11.3 Å². The van der Waals surface area contributed by atoms with Crippen molar-refractivity contribution in [3.05, 3.63) is 69.5 Å². The molecule has 4 rings (SSSR count). The second-order valence-electron chi connectivity index (χ2n) is 5.73. The van der Waals surface area contributed by atoms with E-state index in [9.17, 15) is 0 Å². The molecule has 0 saturated carbocycles. The number of hydrogen-bond acceptors (Lipinski definition) is 4. The van der Waals surface area contributed by atoms with Crippen LogP contribution in [0, 0.1) is 0 Å². The predicted molar refractivity (Wildman–Crippen MR) is 105 cm³/mol. The molecule has 0 fully saturated rings. The van der Waals surface area contributed by atoms with E-state index in [2.05, 4.69) is 73.2 Å². The Bertz CT molecular complexity index is 884. The Morgan fingerprint density at radius 3 is 2.75 bits per heavy atom. The monoisotopic (exact) mass is 397 g/mol. The molecule has 0 radical (unpaired) electrons. The van der Waals surface area contributed by atoms with E-state index in [-0.39, 0.29) is 0 Å². The lowest BCUT2D eigenvalue weighted by Gasteiger charge is -2.17. The number of fused-ring (bicyclic) bond motifs is 1. The highest BCUT2D eigenvalue weighted by Gasteiger charge is 2.14. The molecule has 3 aromatic rings. The van der Waals surface area contributed by atoms with Gasteiger partial charge < -0.3 is 0 Å². The Labute approximate surface area is 153 Å². The number of nitrogens with one attached hydrogen (secondary N) is 1. The van der Waals surface area contributed by atoms with Crippen molar-refractivity contribution in [2.45, 2.75) is 19.3 Å². The third kappa shape index (κ3) is 3.28. The van der Waals surface area contributed by atoms with Gasteiger partial charge in [0.25, 0.3) is 0 Å². The predicted octanol–water partition coefficient (Wildman–Crippen LogP) is 5.73. The van der Waals surface area contributed by atoms with Gasteiger partial charge >= 0.3 is 0 Å². The highest BCUT2D eigenvalue weighted by molar-refractivity contribution is 9.10. The molecule has 1 aliphatic rings. The summed E-state index contributed by atoms with van der Waals surface area (Å²) in [5, 5.41) is 7.50. The van der Waals surface area contributed by atoms with Crippen molar-refractivity contribution in [1.82, 2.24) is 4.98 Å². The minimum Gasteiger partial charge on any atom is -0.252 e. The summed E-state index contributed by atoms with van der Waals surface area (Å²) in [6, 6.07) is 16.7. The van der Waals surface area contributed by atoms with Crippen molar-refractivity contribution in [3.8, 4) is 11.3 Å². The SMILES string of the molecule is Brc1ccc(-c2csc(NN=C3CCCc4ccccc43)n2)cc1. The number of rotatable bonds is 3. The third-order valence-corrected chi connectivity index (χ3v) is 5.39. The normalized spacial score (nSPS) is 15.3. The Morgan fingerprint density at radius 2 is 1.88 bits per heavy atom. The zero-order valence-electron chi connectivity index (χ0n) is 13.0. The third-order valence-electron chi connectivity index (χ3n) is 4.12. The molecule has 1 aliphatic carbocycles. The molecule has 0 unspecified atom stereocenters. The minimum absolute atomic E-state index is 0.823. The molecule has 5 heteroatoms. The zero-order valence-corrected chi connectivity index (χ0v) is 15.4. The molecule has 24 heavy (non-hydrogen) atoms. The molecular formula is C19H16BrN3S. The molecule has 2 aromatic carbocycles. The average Bonchev–Trinajstić information content (AvgIpc) is 3.09. The van der Waals surface area contributed by atoms with Gasteiger partial charge in [0.05, 0.1) is 11.4 Å². The van der Waals surface area contributed by atoms with Gasteiger partial charge in [-0.3, -0.25) is 5.43 Å². The maximum Gasteiger partial charge on any atom is 0.203 e. The van der Waals surface area contributed by atoms with Crippen LogP contribution in [0.2, 0.25) is 0 Å². The number of hydrogen-bond donors (Lipinski definition) is 1. The molecule has 0 spiro atoms. The molecule has 1 heterocycles. The van der Waals surface area contributed by atoms with Gasteiger partial charge in [-0.2, -0.15) is 5.10 Å². The number of benzene rings is 2. The summed E-state index contributed by atoms with van der Waals surface area (Å²) < 4.78 is 1.07. The molecule has 0 saturated heterocycles. The van der Waals surface area contributed by atoms with Gasteiger partial charge in [-0.05, 0) is 37.0 Å². The summed E-state index contributed by atoms with van der Waals surface area (Å²) >= 11 is 5.03. The van der Waals surface area contributed by atoms with Crippen LogP contribution in [-0.2, 0) is 6.42 Å². The van der Waals surface area contributed by atoms with Crippen LogP contribution in [-0.4, -0.2) is 10.7 Å². The van der Waals surface area contributed by atoms with Gasteiger partial charge in [0.15, 0.2) is 0 Å². The summed E-state index contributed by atoms with van der Waals surface area (Å²) in [7, 11) is 0. The van der Waals surface area contributed by atoms with Crippen molar-refractivity contribution in [2.24, 2.45) is 5.10 Å². The van der Waals surface area contributed by atoms with Gasteiger partial charge in [-0.25, -0.2) is 4.98 Å². The van der Waals surface area contributed by atoms with Crippen molar-refractivity contribution in [3.63, 3.8) is 0 Å². The highest BCUT2D eigenvalue weighted by atomic mass is 79.9. The number of aromatic nitrogens is 1. The van der Waals surface area contributed by atoms with Gasteiger partial charge in [0, 0.05) is 21.0 Å². The number of thiazole rings is 1. The van der Waals surface area contributed by atoms with Crippen LogP contribution in [0.1, 0.15) is 24.0 Å². The van der Waals surface area contributed by atoms with Gasteiger partial charge in [0.1, 0.15) is 0 Å². The Balaban J connectivity index is 1.54. The van der Waals surface area contributed by atoms with E-state index < -0.39 is 0 Å². The van der Waals surface area contributed by atoms with Crippen LogP contribution in [0.3, 0.4) is 0 Å². The average molecular weight is 398 g/mol. The maximum absolute atomic E-state index is 4.64. The summed E-state index contributed by atoms with van der Waals surface area (Å²) in [6.07, 6.45) is 3.30. The van der Waals surface area contributed by atoms with E-state index in [0.29, 0.717) is 0 Å². The van der Waals surface area contributed by atoms with E-state index in [4.69, 9.17) is 0 Å². The second kappa shape index (κ2) is 6.87. The van der Waals surface area contributed by atoms with E-state index in [1.807, 2.05) is 12.1 Å². The molecule has 0 aliphatic heterocycles. The lowest BCUT2D eigenvalue weighted by Crippen LogP contribution is -2.13. The largest absolute Gasteiger partial charge is 0.252 e. The van der Waals surface area contributed by atoms with Gasteiger partial charge in [-0.1, -0.05) is 52.3 Å². The second-order valence-corrected chi connectivity index (χ2v) is 7.50. The molecule has 0 amide bonds. The zero-order chi connectivity index (χ0) is 16.4. The van der Waals surface area contributed by atoms with E-state index in [1.165, 1.54) is 11.1 Å². The van der Waals surface area contributed by atoms with Crippen molar-refractivity contribution in [2.75, 3.05) is 5.43 Å². The first-order valence-corrected chi connectivity index (χ1v) is 9.59. The lowest BCUT2D eigenvalue weighted by molar-refractivity contribution is 0.837. The van der Waals surface area contributed by atoms with E-state index >= 15 is 0 Å². The summed E-state index contributed by atoms with van der Waals surface area (Å²) in [5.74, 6) is 0. The quantitative estimate of drug-likeness (QED) is 0.573. The molecule has 120 valence electrons. The molecule has 0 atom stereocenters. The minimum atomic E-state index is 0.823. The number of anilines is 1. The molecule has 1 N–H and O–H groups in total. The summed E-state index contributed by atoms with van der Waals surface area (Å²) in [5.41, 5.74) is 9.00. The fourth-order valence-electron chi connectivity index (χ4n) is 2.91. The van der Waals surface area contributed by atoms with E-state index in [1.54, 1.807) is 11.3 Å². The molecular weight excluding hydrogens is 382 g/mol. The smallest absolute Gasteiger partial charge is 0.203 e. The molecule has 0 bridgehead atoms. The molecule has 1 aromatic heterocycles. The van der Waals surface area contributed by atoms with Crippen molar-refractivity contribution >= 4 is 38.1 Å². The highest BCUT2D eigenvalue weighted by Crippen LogP contribution is 2.27. The lowest BCUT2D eigenvalue weighted by atomic mass is 9.90.